The fourth-order valence-electron chi connectivity index (χ4n) is 1.76. The molecule has 0 aliphatic carbocycles. The van der Waals surface area contributed by atoms with Crippen molar-refractivity contribution in [2.24, 2.45) is 0 Å². The Kier molecular flexibility index (Phi) is 4.43. The van der Waals surface area contributed by atoms with Crippen LogP contribution in [0.25, 0.3) is 0 Å². The van der Waals surface area contributed by atoms with E-state index in [1.54, 1.807) is 12.1 Å². The summed E-state index contributed by atoms with van der Waals surface area (Å²) in [5.41, 5.74) is -1.08. The first kappa shape index (κ1) is 15.0. The Hall–Kier alpha value is -1.03. The highest BCUT2D eigenvalue weighted by Crippen LogP contribution is 2.41. The summed E-state index contributed by atoms with van der Waals surface area (Å²) in [6.07, 6.45) is -3.47. The number of benzene rings is 1. The number of methoxy groups -OCH3 is 1. The Labute approximate surface area is 106 Å². The van der Waals surface area contributed by atoms with Gasteiger partial charge < -0.3 is 4.74 Å². The average molecular weight is 260 g/mol. The lowest BCUT2D eigenvalue weighted by molar-refractivity contribution is -0.269. The molecule has 0 fully saturated rings. The van der Waals surface area contributed by atoms with Gasteiger partial charge in [0.1, 0.15) is 0 Å². The molecule has 0 aromatic heterocycles. The van der Waals surface area contributed by atoms with Crippen LogP contribution in [-0.2, 0) is 10.3 Å². The van der Waals surface area contributed by atoms with Crippen LogP contribution in [0.2, 0.25) is 0 Å². The monoisotopic (exact) mass is 260 g/mol. The topological polar surface area (TPSA) is 9.23 Å². The van der Waals surface area contributed by atoms with Crippen LogP contribution in [0.4, 0.5) is 13.2 Å². The molecule has 1 rings (SSSR count). The van der Waals surface area contributed by atoms with E-state index in [9.17, 15) is 13.2 Å². The van der Waals surface area contributed by atoms with Crippen LogP contribution >= 0.6 is 0 Å². The van der Waals surface area contributed by atoms with Crippen molar-refractivity contribution in [3.8, 4) is 0 Å². The molecule has 0 bridgehead atoms. The molecule has 0 amide bonds. The molecule has 0 spiro atoms. The minimum atomic E-state index is -4.43. The Morgan fingerprint density at radius 1 is 1.17 bits per heavy atom. The summed E-state index contributed by atoms with van der Waals surface area (Å²) in [5, 5.41) is 0. The van der Waals surface area contributed by atoms with Gasteiger partial charge in [-0.2, -0.15) is 13.2 Å². The lowest BCUT2D eigenvalue weighted by Gasteiger charge is -2.31. The quantitative estimate of drug-likeness (QED) is 0.767. The van der Waals surface area contributed by atoms with E-state index in [1.807, 2.05) is 13.8 Å². The minimum Gasteiger partial charge on any atom is -0.364 e. The second kappa shape index (κ2) is 5.31. The standard InChI is InChI=1S/C14H19F3O/c1-5-10(2)11-6-8-12(9-7-11)13(3,18-4)14(15,16)17/h6-10H,5H2,1-4H3. The van der Waals surface area contributed by atoms with E-state index in [-0.39, 0.29) is 5.56 Å². The van der Waals surface area contributed by atoms with E-state index >= 15 is 0 Å². The zero-order chi connectivity index (χ0) is 14.0. The minimum absolute atomic E-state index is 0.129. The molecule has 0 saturated heterocycles. The number of rotatable bonds is 4. The van der Waals surface area contributed by atoms with Crippen molar-refractivity contribution in [3.63, 3.8) is 0 Å². The maximum Gasteiger partial charge on any atom is 0.421 e. The lowest BCUT2D eigenvalue weighted by atomic mass is 9.91. The summed E-state index contributed by atoms with van der Waals surface area (Å²) in [7, 11) is 1.08. The Morgan fingerprint density at radius 2 is 1.67 bits per heavy atom. The lowest BCUT2D eigenvalue weighted by Crippen LogP contribution is -2.41. The maximum absolute atomic E-state index is 13.0. The van der Waals surface area contributed by atoms with Gasteiger partial charge in [0, 0.05) is 7.11 Å². The Bertz CT molecular complexity index is 383. The smallest absolute Gasteiger partial charge is 0.364 e. The third kappa shape index (κ3) is 2.69. The van der Waals surface area contributed by atoms with Gasteiger partial charge in [-0.05, 0) is 30.4 Å². The number of ether oxygens (including phenoxy) is 1. The summed E-state index contributed by atoms with van der Waals surface area (Å²) < 4.78 is 43.7. The van der Waals surface area contributed by atoms with Gasteiger partial charge in [0.05, 0.1) is 0 Å². The molecule has 1 aromatic rings. The molecule has 2 unspecified atom stereocenters. The number of alkyl halides is 3. The van der Waals surface area contributed by atoms with E-state index in [0.29, 0.717) is 5.92 Å². The molecule has 1 nitrogen and oxygen atoms in total. The third-order valence-electron chi connectivity index (χ3n) is 3.59. The second-order valence-corrected chi connectivity index (χ2v) is 4.67. The largest absolute Gasteiger partial charge is 0.421 e. The van der Waals surface area contributed by atoms with Crippen molar-refractivity contribution in [1.29, 1.82) is 0 Å². The molecule has 0 radical (unpaired) electrons. The first-order chi connectivity index (χ1) is 8.26. The molecule has 4 heteroatoms. The van der Waals surface area contributed by atoms with Crippen molar-refractivity contribution in [1.82, 2.24) is 0 Å². The molecule has 1 aromatic carbocycles. The van der Waals surface area contributed by atoms with Gasteiger partial charge in [-0.15, -0.1) is 0 Å². The maximum atomic E-state index is 13.0. The van der Waals surface area contributed by atoms with Crippen LogP contribution in [0.3, 0.4) is 0 Å². The summed E-state index contributed by atoms with van der Waals surface area (Å²) in [4.78, 5) is 0. The van der Waals surface area contributed by atoms with Gasteiger partial charge in [0.2, 0.25) is 0 Å². The van der Waals surface area contributed by atoms with Gasteiger partial charge >= 0.3 is 6.18 Å². The van der Waals surface area contributed by atoms with Crippen LogP contribution in [0, 0.1) is 0 Å². The van der Waals surface area contributed by atoms with Gasteiger partial charge in [-0.3, -0.25) is 0 Å². The van der Waals surface area contributed by atoms with E-state index < -0.39 is 11.8 Å². The molecule has 18 heavy (non-hydrogen) atoms. The molecule has 0 heterocycles. The van der Waals surface area contributed by atoms with Crippen LogP contribution in [0.1, 0.15) is 44.2 Å². The molecular formula is C14H19F3O. The molecule has 0 N–H and O–H groups in total. The summed E-state index contributed by atoms with van der Waals surface area (Å²) in [5.74, 6) is 0.346. The van der Waals surface area contributed by atoms with Crippen molar-refractivity contribution >= 4 is 0 Å². The van der Waals surface area contributed by atoms with Gasteiger partial charge in [0.15, 0.2) is 5.60 Å². The molecule has 0 aliphatic rings. The average Bonchev–Trinajstić information content (AvgIpc) is 2.35. The van der Waals surface area contributed by atoms with Gasteiger partial charge in [-0.25, -0.2) is 0 Å². The fraction of sp³-hybridized carbons (Fsp3) is 0.571. The van der Waals surface area contributed by atoms with Gasteiger partial charge in [-0.1, -0.05) is 38.1 Å². The van der Waals surface area contributed by atoms with Crippen LogP contribution in [-0.4, -0.2) is 13.3 Å². The highest BCUT2D eigenvalue weighted by Gasteiger charge is 2.52. The highest BCUT2D eigenvalue weighted by molar-refractivity contribution is 5.30. The number of halogens is 3. The molecule has 102 valence electrons. The van der Waals surface area contributed by atoms with E-state index in [1.165, 1.54) is 12.1 Å². The van der Waals surface area contributed by atoms with Crippen molar-refractivity contribution < 1.29 is 17.9 Å². The van der Waals surface area contributed by atoms with Crippen LogP contribution in [0.15, 0.2) is 24.3 Å². The molecular weight excluding hydrogens is 241 g/mol. The molecule has 0 saturated carbocycles. The predicted molar refractivity (Wildman–Crippen MR) is 65.6 cm³/mol. The first-order valence-electron chi connectivity index (χ1n) is 5.98. The van der Waals surface area contributed by atoms with Crippen molar-refractivity contribution in [3.05, 3.63) is 35.4 Å². The van der Waals surface area contributed by atoms with Crippen LogP contribution < -0.4 is 0 Å². The highest BCUT2D eigenvalue weighted by atomic mass is 19.4. The van der Waals surface area contributed by atoms with E-state index in [2.05, 4.69) is 4.74 Å². The van der Waals surface area contributed by atoms with Crippen molar-refractivity contribution in [2.75, 3.05) is 7.11 Å². The van der Waals surface area contributed by atoms with Crippen molar-refractivity contribution in [2.45, 2.75) is 44.9 Å². The summed E-state index contributed by atoms with van der Waals surface area (Å²) >= 11 is 0. The zero-order valence-corrected chi connectivity index (χ0v) is 11.1. The van der Waals surface area contributed by atoms with E-state index in [0.717, 1.165) is 26.0 Å². The zero-order valence-electron chi connectivity index (χ0n) is 11.1. The van der Waals surface area contributed by atoms with E-state index in [4.69, 9.17) is 0 Å². The second-order valence-electron chi connectivity index (χ2n) is 4.67. The number of hydrogen-bond donors (Lipinski definition) is 0. The summed E-state index contributed by atoms with van der Waals surface area (Å²) in [6.45, 7) is 5.15. The number of hydrogen-bond acceptors (Lipinski definition) is 1. The Morgan fingerprint density at radius 3 is 2.00 bits per heavy atom. The molecule has 0 aliphatic heterocycles. The van der Waals surface area contributed by atoms with Crippen LogP contribution in [0.5, 0.6) is 0 Å². The third-order valence-corrected chi connectivity index (χ3v) is 3.59. The Balaban J connectivity index is 3.10. The molecule has 2 atom stereocenters. The normalized spacial score (nSPS) is 17.3. The summed E-state index contributed by atoms with van der Waals surface area (Å²) in [6, 6.07) is 6.48. The predicted octanol–water partition coefficient (Wildman–Crippen LogP) is 4.62. The first-order valence-corrected chi connectivity index (χ1v) is 5.98. The van der Waals surface area contributed by atoms with Gasteiger partial charge in [0.25, 0.3) is 0 Å². The fourth-order valence-corrected chi connectivity index (χ4v) is 1.76. The SMILES string of the molecule is CCC(C)c1ccc(C(C)(OC)C(F)(F)F)cc1.